The van der Waals surface area contributed by atoms with Gasteiger partial charge in [0.2, 0.25) is 5.91 Å². The first kappa shape index (κ1) is 15.2. The van der Waals surface area contributed by atoms with Crippen LogP contribution in [0.2, 0.25) is 0 Å². The van der Waals surface area contributed by atoms with E-state index >= 15 is 0 Å². The summed E-state index contributed by atoms with van der Waals surface area (Å²) in [6.45, 7) is 3.13. The van der Waals surface area contributed by atoms with Crippen molar-refractivity contribution in [3.05, 3.63) is 35.9 Å². The van der Waals surface area contributed by atoms with Crippen LogP contribution in [-0.2, 0) is 4.79 Å². The van der Waals surface area contributed by atoms with Gasteiger partial charge in [-0.1, -0.05) is 43.2 Å². The normalized spacial score (nSPS) is 30.0. The number of hydrogen-bond donors (Lipinski definition) is 1. The molecule has 2 atom stereocenters. The Hall–Kier alpha value is -1.35. The molecule has 1 amide bonds. The van der Waals surface area contributed by atoms with Crippen molar-refractivity contribution in [3.8, 4) is 0 Å². The lowest BCUT2D eigenvalue weighted by atomic mass is 9.91. The second kappa shape index (κ2) is 6.27. The Bertz CT molecular complexity index is 550. The number of benzene rings is 1. The fourth-order valence-electron chi connectivity index (χ4n) is 4.77. The molecule has 3 nitrogen and oxygen atoms in total. The minimum Gasteiger partial charge on any atom is -0.335 e. The molecule has 2 aliphatic heterocycles. The van der Waals surface area contributed by atoms with Crippen molar-refractivity contribution >= 4 is 5.91 Å². The zero-order chi connectivity index (χ0) is 15.7. The van der Waals surface area contributed by atoms with Gasteiger partial charge in [-0.05, 0) is 56.2 Å². The Morgan fingerprint density at radius 3 is 2.65 bits per heavy atom. The fourth-order valence-corrected chi connectivity index (χ4v) is 4.77. The number of nitrogens with zero attached hydrogens (tertiary/aromatic N) is 1. The molecule has 1 saturated carbocycles. The third-order valence-electron chi connectivity index (χ3n) is 6.31. The van der Waals surface area contributed by atoms with Crippen molar-refractivity contribution in [2.75, 3.05) is 19.6 Å². The molecule has 2 saturated heterocycles. The van der Waals surface area contributed by atoms with Crippen LogP contribution in [-0.4, -0.2) is 30.4 Å². The van der Waals surface area contributed by atoms with Crippen LogP contribution in [0.4, 0.5) is 0 Å². The van der Waals surface area contributed by atoms with E-state index in [1.54, 1.807) is 0 Å². The van der Waals surface area contributed by atoms with E-state index in [4.69, 9.17) is 0 Å². The molecule has 23 heavy (non-hydrogen) atoms. The Kier molecular flexibility index (Phi) is 4.14. The lowest BCUT2D eigenvalue weighted by Crippen LogP contribution is -2.38. The quantitative estimate of drug-likeness (QED) is 0.906. The van der Waals surface area contributed by atoms with Crippen LogP contribution in [0.15, 0.2) is 30.3 Å². The summed E-state index contributed by atoms with van der Waals surface area (Å²) in [6, 6.07) is 11.0. The molecule has 1 aromatic carbocycles. The van der Waals surface area contributed by atoms with E-state index in [0.717, 1.165) is 38.9 Å². The van der Waals surface area contributed by atoms with Crippen LogP contribution in [0, 0.1) is 11.3 Å². The van der Waals surface area contributed by atoms with Crippen molar-refractivity contribution in [2.45, 2.75) is 51.0 Å². The maximum absolute atomic E-state index is 13.3. The highest BCUT2D eigenvalue weighted by molar-refractivity contribution is 5.83. The molecule has 0 bridgehead atoms. The predicted octanol–water partition coefficient (Wildman–Crippen LogP) is 3.52. The van der Waals surface area contributed by atoms with Crippen molar-refractivity contribution in [1.82, 2.24) is 10.2 Å². The van der Waals surface area contributed by atoms with Gasteiger partial charge in [0.05, 0.1) is 6.04 Å². The standard InChI is InChI=1S/C20H28N2O/c23-19(17-15-20(17)10-12-21-13-11-20)22-14-6-2-5-9-18(22)16-7-3-1-4-8-16/h1,3-4,7-8,17-18,21H,2,5-6,9-15H2. The third-order valence-corrected chi connectivity index (χ3v) is 6.31. The van der Waals surface area contributed by atoms with Gasteiger partial charge in [0.1, 0.15) is 0 Å². The molecule has 1 N–H and O–H groups in total. The lowest BCUT2D eigenvalue weighted by Gasteiger charge is -2.32. The van der Waals surface area contributed by atoms with Gasteiger partial charge in [0, 0.05) is 12.5 Å². The summed E-state index contributed by atoms with van der Waals surface area (Å²) < 4.78 is 0. The lowest BCUT2D eigenvalue weighted by molar-refractivity contribution is -0.136. The first-order valence-corrected chi connectivity index (χ1v) is 9.36. The molecule has 3 heteroatoms. The second-order valence-corrected chi connectivity index (χ2v) is 7.68. The number of amides is 1. The smallest absolute Gasteiger partial charge is 0.226 e. The summed E-state index contributed by atoms with van der Waals surface area (Å²) in [6.07, 6.45) is 8.29. The fraction of sp³-hybridized carbons (Fsp3) is 0.650. The summed E-state index contributed by atoms with van der Waals surface area (Å²) in [7, 11) is 0. The second-order valence-electron chi connectivity index (χ2n) is 7.68. The van der Waals surface area contributed by atoms with Gasteiger partial charge in [0.15, 0.2) is 0 Å². The molecular formula is C20H28N2O. The molecule has 2 heterocycles. The number of carbonyl (C=O) groups excluding carboxylic acids is 1. The summed E-state index contributed by atoms with van der Waals surface area (Å²) in [5.41, 5.74) is 1.67. The maximum atomic E-state index is 13.3. The van der Waals surface area contributed by atoms with Crippen LogP contribution < -0.4 is 5.32 Å². The Morgan fingerprint density at radius 2 is 1.87 bits per heavy atom. The van der Waals surface area contributed by atoms with Crippen LogP contribution in [0.25, 0.3) is 0 Å². The first-order chi connectivity index (χ1) is 11.3. The highest BCUT2D eigenvalue weighted by Crippen LogP contribution is 2.59. The number of nitrogens with one attached hydrogen (secondary N) is 1. The van der Waals surface area contributed by atoms with Gasteiger partial charge >= 0.3 is 0 Å². The van der Waals surface area contributed by atoms with E-state index in [2.05, 4.69) is 40.5 Å². The molecule has 3 fully saturated rings. The average Bonchev–Trinajstić information content (AvgIpc) is 3.34. The summed E-state index contributed by atoms with van der Waals surface area (Å²) in [4.78, 5) is 15.5. The molecule has 0 aromatic heterocycles. The van der Waals surface area contributed by atoms with Crippen molar-refractivity contribution < 1.29 is 4.79 Å². The summed E-state index contributed by atoms with van der Waals surface area (Å²) in [5.74, 6) is 0.747. The molecule has 0 radical (unpaired) electrons. The highest BCUT2D eigenvalue weighted by atomic mass is 16.2. The summed E-state index contributed by atoms with van der Waals surface area (Å²) in [5, 5.41) is 3.44. The van der Waals surface area contributed by atoms with Gasteiger partial charge in [-0.25, -0.2) is 0 Å². The van der Waals surface area contributed by atoms with E-state index in [1.165, 1.54) is 31.2 Å². The van der Waals surface area contributed by atoms with Gasteiger partial charge in [-0.3, -0.25) is 4.79 Å². The molecule has 1 aromatic rings. The summed E-state index contributed by atoms with van der Waals surface area (Å²) >= 11 is 0. The average molecular weight is 312 g/mol. The van der Waals surface area contributed by atoms with Gasteiger partial charge < -0.3 is 10.2 Å². The number of carbonyl (C=O) groups is 1. The van der Waals surface area contributed by atoms with E-state index in [0.29, 0.717) is 23.3 Å². The monoisotopic (exact) mass is 312 g/mol. The molecular weight excluding hydrogens is 284 g/mol. The van der Waals surface area contributed by atoms with Gasteiger partial charge in [-0.15, -0.1) is 0 Å². The minimum absolute atomic E-state index is 0.297. The Morgan fingerprint density at radius 1 is 1.09 bits per heavy atom. The van der Waals surface area contributed by atoms with Gasteiger partial charge in [0.25, 0.3) is 0 Å². The number of piperidine rings is 1. The van der Waals surface area contributed by atoms with Crippen LogP contribution >= 0.6 is 0 Å². The minimum atomic E-state index is 0.297. The molecule has 1 aliphatic carbocycles. The number of hydrogen-bond acceptors (Lipinski definition) is 2. The predicted molar refractivity (Wildman–Crippen MR) is 92.0 cm³/mol. The zero-order valence-corrected chi connectivity index (χ0v) is 14.0. The molecule has 1 spiro atoms. The molecule has 3 aliphatic rings. The molecule has 124 valence electrons. The molecule has 2 unspecified atom stereocenters. The Balaban J connectivity index is 1.54. The first-order valence-electron chi connectivity index (χ1n) is 9.36. The van der Waals surface area contributed by atoms with E-state index in [9.17, 15) is 4.79 Å². The highest BCUT2D eigenvalue weighted by Gasteiger charge is 2.59. The van der Waals surface area contributed by atoms with E-state index in [1.807, 2.05) is 0 Å². The van der Waals surface area contributed by atoms with Gasteiger partial charge in [-0.2, -0.15) is 0 Å². The largest absolute Gasteiger partial charge is 0.335 e. The number of rotatable bonds is 2. The van der Waals surface area contributed by atoms with Crippen molar-refractivity contribution in [3.63, 3.8) is 0 Å². The van der Waals surface area contributed by atoms with Crippen molar-refractivity contribution in [2.24, 2.45) is 11.3 Å². The van der Waals surface area contributed by atoms with E-state index < -0.39 is 0 Å². The van der Waals surface area contributed by atoms with E-state index in [-0.39, 0.29) is 0 Å². The topological polar surface area (TPSA) is 32.3 Å². The number of likely N-dealkylation sites (tertiary alicyclic amines) is 1. The van der Waals surface area contributed by atoms with Crippen LogP contribution in [0.1, 0.15) is 56.6 Å². The van der Waals surface area contributed by atoms with Crippen LogP contribution in [0.5, 0.6) is 0 Å². The third kappa shape index (κ3) is 2.91. The zero-order valence-electron chi connectivity index (χ0n) is 14.0. The van der Waals surface area contributed by atoms with Crippen LogP contribution in [0.3, 0.4) is 0 Å². The van der Waals surface area contributed by atoms with Crippen molar-refractivity contribution in [1.29, 1.82) is 0 Å². The maximum Gasteiger partial charge on any atom is 0.226 e. The Labute approximate surface area is 139 Å². The SMILES string of the molecule is O=C(C1CC12CCNCC2)N1CCCCCC1c1ccccc1. The molecule has 4 rings (SSSR count).